The lowest BCUT2D eigenvalue weighted by atomic mass is 10.1. The van der Waals surface area contributed by atoms with Crippen molar-refractivity contribution >= 4 is 44.0 Å². The number of anilines is 1. The van der Waals surface area contributed by atoms with Gasteiger partial charge in [-0.3, -0.25) is 0 Å². The molecule has 0 heterocycles. The fourth-order valence-electron chi connectivity index (χ4n) is 3.17. The second-order valence-electron chi connectivity index (χ2n) is 6.54. The molecule has 4 aromatic carbocycles. The lowest BCUT2D eigenvalue weighted by Crippen LogP contribution is -2.04. The van der Waals surface area contributed by atoms with Gasteiger partial charge in [0.15, 0.2) is 0 Å². The van der Waals surface area contributed by atoms with E-state index in [4.69, 9.17) is 16.3 Å². The standard InChI is InChI=1S/C24H19BrClNO/c25-20-8-13-24(19(14-20)15-27-22-11-9-21(26)10-12-22)28-16-18-6-3-5-17-4-1-2-7-23(17)18/h1-14,27H,15-16H2. The van der Waals surface area contributed by atoms with Crippen molar-refractivity contribution < 1.29 is 4.74 Å². The summed E-state index contributed by atoms with van der Waals surface area (Å²) >= 11 is 9.52. The van der Waals surface area contributed by atoms with Gasteiger partial charge in [0.05, 0.1) is 0 Å². The highest BCUT2D eigenvalue weighted by Crippen LogP contribution is 2.27. The third-order valence-corrected chi connectivity index (χ3v) is 5.36. The Labute approximate surface area is 178 Å². The van der Waals surface area contributed by atoms with Crippen molar-refractivity contribution in [2.24, 2.45) is 0 Å². The lowest BCUT2D eigenvalue weighted by molar-refractivity contribution is 0.304. The molecule has 0 saturated carbocycles. The molecule has 0 aliphatic rings. The maximum absolute atomic E-state index is 6.21. The van der Waals surface area contributed by atoms with Crippen LogP contribution in [0.25, 0.3) is 10.8 Å². The van der Waals surface area contributed by atoms with E-state index in [0.29, 0.717) is 13.2 Å². The van der Waals surface area contributed by atoms with Crippen molar-refractivity contribution in [1.82, 2.24) is 0 Å². The lowest BCUT2D eigenvalue weighted by Gasteiger charge is -2.14. The summed E-state index contributed by atoms with van der Waals surface area (Å²) in [7, 11) is 0. The van der Waals surface area contributed by atoms with E-state index in [1.165, 1.54) is 16.3 Å². The molecule has 0 amide bonds. The molecular formula is C24H19BrClNO. The molecular weight excluding hydrogens is 434 g/mol. The van der Waals surface area contributed by atoms with Gasteiger partial charge in [-0.25, -0.2) is 0 Å². The van der Waals surface area contributed by atoms with Crippen LogP contribution in [0.5, 0.6) is 5.75 Å². The minimum Gasteiger partial charge on any atom is -0.489 e. The summed E-state index contributed by atoms with van der Waals surface area (Å²) in [6, 6.07) is 28.5. The summed E-state index contributed by atoms with van der Waals surface area (Å²) in [6.45, 7) is 1.18. The molecule has 2 nitrogen and oxygen atoms in total. The van der Waals surface area contributed by atoms with Crippen molar-refractivity contribution in [3.8, 4) is 5.75 Å². The van der Waals surface area contributed by atoms with Crippen molar-refractivity contribution in [2.45, 2.75) is 13.2 Å². The average molecular weight is 453 g/mol. The number of hydrogen-bond donors (Lipinski definition) is 1. The second kappa shape index (κ2) is 8.68. The van der Waals surface area contributed by atoms with Gasteiger partial charge in [0.25, 0.3) is 0 Å². The zero-order valence-corrected chi connectivity index (χ0v) is 17.5. The predicted molar refractivity (Wildman–Crippen MR) is 121 cm³/mol. The van der Waals surface area contributed by atoms with E-state index in [-0.39, 0.29) is 0 Å². The van der Waals surface area contributed by atoms with Crippen LogP contribution in [0.2, 0.25) is 5.02 Å². The highest BCUT2D eigenvalue weighted by atomic mass is 79.9. The molecule has 0 unspecified atom stereocenters. The number of ether oxygens (including phenoxy) is 1. The summed E-state index contributed by atoms with van der Waals surface area (Å²) in [5.74, 6) is 0.873. The minimum atomic E-state index is 0.525. The van der Waals surface area contributed by atoms with Gasteiger partial charge < -0.3 is 10.1 Å². The predicted octanol–water partition coefficient (Wildman–Crippen LogP) is 7.45. The first-order chi connectivity index (χ1) is 13.7. The third-order valence-electron chi connectivity index (χ3n) is 4.61. The fraction of sp³-hybridized carbons (Fsp3) is 0.0833. The Kier molecular flexibility index (Phi) is 5.84. The van der Waals surface area contributed by atoms with Crippen molar-refractivity contribution in [2.75, 3.05) is 5.32 Å². The molecule has 0 spiro atoms. The van der Waals surface area contributed by atoms with E-state index in [9.17, 15) is 0 Å². The molecule has 0 atom stereocenters. The van der Waals surface area contributed by atoms with Crippen LogP contribution in [0.4, 0.5) is 5.69 Å². The molecule has 0 saturated heterocycles. The van der Waals surface area contributed by atoms with Crippen LogP contribution in [0.15, 0.2) is 89.4 Å². The van der Waals surface area contributed by atoms with Crippen LogP contribution in [-0.2, 0) is 13.2 Å². The number of halogens is 2. The topological polar surface area (TPSA) is 21.3 Å². The first-order valence-electron chi connectivity index (χ1n) is 9.06. The molecule has 0 aromatic heterocycles. The number of nitrogens with one attached hydrogen (secondary N) is 1. The Morgan fingerprint density at radius 1 is 0.821 bits per heavy atom. The Bertz CT molecular complexity index is 1090. The highest BCUT2D eigenvalue weighted by molar-refractivity contribution is 9.10. The van der Waals surface area contributed by atoms with Gasteiger partial charge in [-0.15, -0.1) is 0 Å². The molecule has 0 bridgehead atoms. The van der Waals surface area contributed by atoms with Crippen LogP contribution >= 0.6 is 27.5 Å². The van der Waals surface area contributed by atoms with Gasteiger partial charge in [0.1, 0.15) is 12.4 Å². The Morgan fingerprint density at radius 2 is 1.61 bits per heavy atom. The van der Waals surface area contributed by atoms with E-state index in [2.05, 4.69) is 69.8 Å². The van der Waals surface area contributed by atoms with E-state index in [0.717, 1.165) is 26.5 Å². The zero-order valence-electron chi connectivity index (χ0n) is 15.2. The number of rotatable bonds is 6. The molecule has 0 fully saturated rings. The maximum Gasteiger partial charge on any atom is 0.124 e. The molecule has 140 valence electrons. The SMILES string of the molecule is Clc1ccc(NCc2cc(Br)ccc2OCc2cccc3ccccc23)cc1. The van der Waals surface area contributed by atoms with Crippen LogP contribution in [0.3, 0.4) is 0 Å². The van der Waals surface area contributed by atoms with Gasteiger partial charge >= 0.3 is 0 Å². The van der Waals surface area contributed by atoms with Crippen molar-refractivity contribution in [3.05, 3.63) is 106 Å². The summed E-state index contributed by atoms with van der Waals surface area (Å²) < 4.78 is 7.24. The normalized spacial score (nSPS) is 10.8. The molecule has 4 heteroatoms. The van der Waals surface area contributed by atoms with Gasteiger partial charge in [-0.2, -0.15) is 0 Å². The number of benzene rings is 4. The zero-order chi connectivity index (χ0) is 19.3. The molecule has 4 rings (SSSR count). The summed E-state index contributed by atoms with van der Waals surface area (Å²) in [5, 5.41) is 6.60. The monoisotopic (exact) mass is 451 g/mol. The van der Waals surface area contributed by atoms with Gasteiger partial charge in [-0.05, 0) is 58.8 Å². The molecule has 4 aromatic rings. The first-order valence-corrected chi connectivity index (χ1v) is 10.2. The van der Waals surface area contributed by atoms with Crippen LogP contribution in [-0.4, -0.2) is 0 Å². The Morgan fingerprint density at radius 3 is 2.46 bits per heavy atom. The smallest absolute Gasteiger partial charge is 0.124 e. The Hall–Kier alpha value is -2.49. The molecule has 28 heavy (non-hydrogen) atoms. The van der Waals surface area contributed by atoms with Crippen molar-refractivity contribution in [3.63, 3.8) is 0 Å². The summed E-state index contributed by atoms with van der Waals surface area (Å²) in [6.07, 6.45) is 0. The second-order valence-corrected chi connectivity index (χ2v) is 7.89. The molecule has 1 N–H and O–H groups in total. The van der Waals surface area contributed by atoms with E-state index >= 15 is 0 Å². The largest absolute Gasteiger partial charge is 0.489 e. The summed E-state index contributed by atoms with van der Waals surface area (Å²) in [4.78, 5) is 0. The molecule has 0 aliphatic heterocycles. The van der Waals surface area contributed by atoms with Crippen LogP contribution in [0.1, 0.15) is 11.1 Å². The number of hydrogen-bond acceptors (Lipinski definition) is 2. The van der Waals surface area contributed by atoms with Gasteiger partial charge in [0, 0.05) is 27.3 Å². The van der Waals surface area contributed by atoms with Crippen LogP contribution < -0.4 is 10.1 Å². The summed E-state index contributed by atoms with van der Waals surface area (Å²) in [5.41, 5.74) is 3.28. The molecule has 0 radical (unpaired) electrons. The molecule has 0 aliphatic carbocycles. The maximum atomic E-state index is 6.21. The van der Waals surface area contributed by atoms with Gasteiger partial charge in [0.2, 0.25) is 0 Å². The van der Waals surface area contributed by atoms with E-state index in [1.54, 1.807) is 0 Å². The fourth-order valence-corrected chi connectivity index (χ4v) is 3.70. The minimum absolute atomic E-state index is 0.525. The first kappa shape index (κ1) is 18.9. The Balaban J connectivity index is 1.52. The number of fused-ring (bicyclic) bond motifs is 1. The quantitative estimate of drug-likeness (QED) is 0.328. The van der Waals surface area contributed by atoms with Crippen LogP contribution in [0, 0.1) is 0 Å². The highest BCUT2D eigenvalue weighted by Gasteiger charge is 2.07. The van der Waals surface area contributed by atoms with Gasteiger partial charge in [-0.1, -0.05) is 70.0 Å². The van der Waals surface area contributed by atoms with E-state index in [1.807, 2.05) is 36.4 Å². The average Bonchev–Trinajstić information content (AvgIpc) is 2.72. The van der Waals surface area contributed by atoms with E-state index < -0.39 is 0 Å². The van der Waals surface area contributed by atoms with Crippen molar-refractivity contribution in [1.29, 1.82) is 0 Å². The third kappa shape index (κ3) is 4.49.